The summed E-state index contributed by atoms with van der Waals surface area (Å²) in [6.07, 6.45) is 2.67. The van der Waals surface area contributed by atoms with Crippen molar-refractivity contribution in [1.29, 1.82) is 0 Å². The third-order valence-electron chi connectivity index (χ3n) is 4.16. The Hall–Kier alpha value is -3.01. The van der Waals surface area contributed by atoms with Crippen molar-refractivity contribution in [3.63, 3.8) is 0 Å². The van der Waals surface area contributed by atoms with E-state index < -0.39 is 0 Å². The fourth-order valence-electron chi connectivity index (χ4n) is 2.99. The molecule has 4 aromatic rings. The summed E-state index contributed by atoms with van der Waals surface area (Å²) in [6.45, 7) is 2.18. The molecule has 0 atom stereocenters. The SMILES string of the molecule is CCc1cccc2c1[nH]c1cc(Nc3ccc(N)cn3)ccc12. The normalized spacial score (nSPS) is 11.2. The van der Waals surface area contributed by atoms with Crippen LogP contribution in [0.2, 0.25) is 0 Å². The largest absolute Gasteiger partial charge is 0.397 e. The number of nitrogens with zero attached hydrogens (tertiary/aromatic N) is 1. The maximum absolute atomic E-state index is 5.67. The van der Waals surface area contributed by atoms with Gasteiger partial charge in [0.25, 0.3) is 0 Å². The molecule has 4 heteroatoms. The Kier molecular flexibility index (Phi) is 3.15. The molecule has 4 nitrogen and oxygen atoms in total. The molecule has 0 saturated heterocycles. The van der Waals surface area contributed by atoms with Crippen LogP contribution in [0.25, 0.3) is 21.8 Å². The lowest BCUT2D eigenvalue weighted by molar-refractivity contribution is 1.15. The highest BCUT2D eigenvalue weighted by molar-refractivity contribution is 6.09. The monoisotopic (exact) mass is 302 g/mol. The summed E-state index contributed by atoms with van der Waals surface area (Å²) in [7, 11) is 0. The quantitative estimate of drug-likeness (QED) is 0.518. The van der Waals surface area contributed by atoms with Gasteiger partial charge in [-0.1, -0.05) is 31.2 Å². The summed E-state index contributed by atoms with van der Waals surface area (Å²) in [5.74, 6) is 0.781. The number of aryl methyl sites for hydroxylation is 1. The Morgan fingerprint density at radius 1 is 1.09 bits per heavy atom. The minimum atomic E-state index is 0.661. The molecule has 0 unspecified atom stereocenters. The molecule has 2 aromatic heterocycles. The summed E-state index contributed by atoms with van der Waals surface area (Å²) in [4.78, 5) is 7.83. The molecule has 0 radical (unpaired) electrons. The van der Waals surface area contributed by atoms with Crippen molar-refractivity contribution in [2.75, 3.05) is 11.1 Å². The highest BCUT2D eigenvalue weighted by Crippen LogP contribution is 2.30. The lowest BCUT2D eigenvalue weighted by Gasteiger charge is -2.05. The molecule has 0 aliphatic heterocycles. The van der Waals surface area contributed by atoms with Crippen LogP contribution in [-0.2, 0) is 6.42 Å². The number of rotatable bonds is 3. The second kappa shape index (κ2) is 5.32. The van der Waals surface area contributed by atoms with Crippen molar-refractivity contribution in [1.82, 2.24) is 9.97 Å². The molecule has 0 amide bonds. The molecule has 2 heterocycles. The maximum atomic E-state index is 5.67. The highest BCUT2D eigenvalue weighted by Gasteiger charge is 2.08. The number of nitrogens with one attached hydrogen (secondary N) is 2. The average Bonchev–Trinajstić information content (AvgIpc) is 2.94. The van der Waals surface area contributed by atoms with Gasteiger partial charge in [-0.15, -0.1) is 0 Å². The molecule has 0 bridgehead atoms. The Morgan fingerprint density at radius 3 is 2.78 bits per heavy atom. The molecule has 0 saturated carbocycles. The smallest absolute Gasteiger partial charge is 0.130 e. The molecule has 4 rings (SSSR count). The van der Waals surface area contributed by atoms with E-state index in [0.29, 0.717) is 5.69 Å². The van der Waals surface area contributed by atoms with Crippen LogP contribution < -0.4 is 11.1 Å². The number of aromatic amines is 1. The molecule has 0 spiro atoms. The van der Waals surface area contributed by atoms with E-state index in [2.05, 4.69) is 58.6 Å². The number of aromatic nitrogens is 2. The van der Waals surface area contributed by atoms with E-state index in [1.165, 1.54) is 21.9 Å². The summed E-state index contributed by atoms with van der Waals surface area (Å²) in [6, 6.07) is 16.5. The fraction of sp³-hybridized carbons (Fsp3) is 0.105. The van der Waals surface area contributed by atoms with Crippen molar-refractivity contribution in [3.05, 3.63) is 60.3 Å². The Morgan fingerprint density at radius 2 is 2.00 bits per heavy atom. The van der Waals surface area contributed by atoms with Crippen LogP contribution in [0.1, 0.15) is 12.5 Å². The van der Waals surface area contributed by atoms with Gasteiger partial charge in [0.1, 0.15) is 5.82 Å². The minimum absolute atomic E-state index is 0.661. The van der Waals surface area contributed by atoms with Crippen LogP contribution in [0, 0.1) is 0 Å². The summed E-state index contributed by atoms with van der Waals surface area (Å²) in [5.41, 5.74) is 11.0. The van der Waals surface area contributed by atoms with Crippen LogP contribution in [0.4, 0.5) is 17.2 Å². The number of hydrogen-bond acceptors (Lipinski definition) is 3. The summed E-state index contributed by atoms with van der Waals surface area (Å²) >= 11 is 0. The van der Waals surface area contributed by atoms with Gasteiger partial charge in [0, 0.05) is 27.5 Å². The standard InChI is InChI=1S/C19H18N4/c1-2-12-4-3-5-16-15-8-7-14(10-17(15)23-19(12)16)22-18-9-6-13(20)11-21-18/h3-11,23H,2,20H2,1H3,(H,21,22). The van der Waals surface area contributed by atoms with E-state index in [1.54, 1.807) is 6.20 Å². The molecule has 0 aliphatic carbocycles. The Balaban J connectivity index is 1.78. The minimum Gasteiger partial charge on any atom is -0.397 e. The van der Waals surface area contributed by atoms with Crippen LogP contribution in [0.15, 0.2) is 54.7 Å². The zero-order chi connectivity index (χ0) is 15.8. The molecule has 0 fully saturated rings. The fourth-order valence-corrected chi connectivity index (χ4v) is 2.99. The third kappa shape index (κ3) is 2.38. The van der Waals surface area contributed by atoms with Crippen molar-refractivity contribution in [2.45, 2.75) is 13.3 Å². The first-order valence-electron chi connectivity index (χ1n) is 7.76. The third-order valence-corrected chi connectivity index (χ3v) is 4.16. The first-order chi connectivity index (χ1) is 11.2. The van der Waals surface area contributed by atoms with Crippen LogP contribution in [0.3, 0.4) is 0 Å². The van der Waals surface area contributed by atoms with E-state index >= 15 is 0 Å². The first-order valence-corrected chi connectivity index (χ1v) is 7.76. The number of nitrogen functional groups attached to an aromatic ring is 1. The lowest BCUT2D eigenvalue weighted by atomic mass is 10.1. The molecule has 4 N–H and O–H groups in total. The van der Waals surface area contributed by atoms with Crippen LogP contribution in [-0.4, -0.2) is 9.97 Å². The van der Waals surface area contributed by atoms with Gasteiger partial charge < -0.3 is 16.0 Å². The number of pyridine rings is 1. The molecule has 114 valence electrons. The van der Waals surface area contributed by atoms with Gasteiger partial charge in [0.2, 0.25) is 0 Å². The van der Waals surface area contributed by atoms with E-state index in [9.17, 15) is 0 Å². The molecular weight excluding hydrogens is 284 g/mol. The number of nitrogens with two attached hydrogens (primary N) is 1. The van der Waals surface area contributed by atoms with Crippen LogP contribution >= 0.6 is 0 Å². The van der Waals surface area contributed by atoms with Gasteiger partial charge in [-0.2, -0.15) is 0 Å². The average molecular weight is 302 g/mol. The van der Waals surface area contributed by atoms with Crippen LogP contribution in [0.5, 0.6) is 0 Å². The van der Waals surface area contributed by atoms with Gasteiger partial charge in [0.15, 0.2) is 0 Å². The van der Waals surface area contributed by atoms with Gasteiger partial charge in [-0.25, -0.2) is 4.98 Å². The number of H-pyrrole nitrogens is 1. The summed E-state index contributed by atoms with van der Waals surface area (Å²) < 4.78 is 0. The van der Waals surface area contributed by atoms with E-state index in [4.69, 9.17) is 5.73 Å². The zero-order valence-electron chi connectivity index (χ0n) is 12.9. The predicted molar refractivity (Wildman–Crippen MR) is 97.1 cm³/mol. The molecule has 0 aliphatic rings. The Bertz CT molecular complexity index is 984. The number of benzene rings is 2. The number of anilines is 3. The highest BCUT2D eigenvalue weighted by atomic mass is 15.0. The lowest BCUT2D eigenvalue weighted by Crippen LogP contribution is -1.94. The van der Waals surface area contributed by atoms with Crippen molar-refractivity contribution in [2.24, 2.45) is 0 Å². The second-order valence-corrected chi connectivity index (χ2v) is 5.68. The van der Waals surface area contributed by atoms with E-state index in [-0.39, 0.29) is 0 Å². The number of fused-ring (bicyclic) bond motifs is 3. The predicted octanol–water partition coefficient (Wildman–Crippen LogP) is 4.60. The van der Waals surface area contributed by atoms with E-state index in [0.717, 1.165) is 23.4 Å². The van der Waals surface area contributed by atoms with Crippen molar-refractivity contribution < 1.29 is 0 Å². The van der Waals surface area contributed by atoms with Gasteiger partial charge >= 0.3 is 0 Å². The van der Waals surface area contributed by atoms with Crippen molar-refractivity contribution >= 4 is 39.0 Å². The van der Waals surface area contributed by atoms with Gasteiger partial charge in [0.05, 0.1) is 11.9 Å². The zero-order valence-corrected chi connectivity index (χ0v) is 12.9. The summed E-state index contributed by atoms with van der Waals surface area (Å²) in [5, 5.41) is 5.83. The van der Waals surface area contributed by atoms with Crippen molar-refractivity contribution in [3.8, 4) is 0 Å². The Labute approximate surface area is 134 Å². The maximum Gasteiger partial charge on any atom is 0.130 e. The van der Waals surface area contributed by atoms with E-state index in [1.807, 2.05) is 12.1 Å². The number of hydrogen-bond donors (Lipinski definition) is 3. The molecule has 23 heavy (non-hydrogen) atoms. The first kappa shape index (κ1) is 13.6. The van der Waals surface area contributed by atoms with Gasteiger partial charge in [-0.05, 0) is 36.2 Å². The molecule has 2 aromatic carbocycles. The second-order valence-electron chi connectivity index (χ2n) is 5.68. The molecular formula is C19H18N4. The number of para-hydroxylation sites is 1. The van der Waals surface area contributed by atoms with Gasteiger partial charge in [-0.3, -0.25) is 0 Å². The topological polar surface area (TPSA) is 66.7 Å².